The molecule has 198 valence electrons. The average molecular weight is 494 g/mol. The van der Waals surface area contributed by atoms with Gasteiger partial charge in [0.15, 0.2) is 0 Å². The number of unbranched alkanes of at least 4 members (excludes halogenated alkanes) is 3. The van der Waals surface area contributed by atoms with Crippen molar-refractivity contribution >= 4 is 23.7 Å². The molecule has 35 heavy (non-hydrogen) atoms. The maximum absolute atomic E-state index is 13.3. The van der Waals surface area contributed by atoms with Crippen LogP contribution in [0, 0.1) is 17.8 Å². The molecule has 5 unspecified atom stereocenters. The van der Waals surface area contributed by atoms with Crippen LogP contribution in [0.25, 0.3) is 0 Å². The van der Waals surface area contributed by atoms with Gasteiger partial charge in [0.05, 0.1) is 5.92 Å². The zero-order chi connectivity index (χ0) is 26.5. The van der Waals surface area contributed by atoms with E-state index in [0.29, 0.717) is 0 Å². The number of ether oxygens (including phenoxy) is 1. The minimum absolute atomic E-state index is 0.0797. The Bertz CT molecular complexity index is 779. The molecule has 9 heteroatoms. The predicted molar refractivity (Wildman–Crippen MR) is 134 cm³/mol. The normalized spacial score (nSPS) is 25.7. The number of esters is 1. The van der Waals surface area contributed by atoms with Crippen LogP contribution in [0.1, 0.15) is 73.1 Å². The minimum atomic E-state index is -0.967. The molecule has 0 fully saturated rings. The molecule has 1 aliphatic heterocycles. The van der Waals surface area contributed by atoms with Gasteiger partial charge in [-0.15, -0.1) is 0 Å². The van der Waals surface area contributed by atoms with Crippen LogP contribution in [0.3, 0.4) is 0 Å². The van der Waals surface area contributed by atoms with Crippen molar-refractivity contribution in [3.63, 3.8) is 0 Å². The van der Waals surface area contributed by atoms with Crippen LogP contribution < -0.4 is 16.0 Å². The van der Waals surface area contributed by atoms with Crippen molar-refractivity contribution < 1.29 is 29.0 Å². The first kappa shape index (κ1) is 30.4. The van der Waals surface area contributed by atoms with E-state index in [1.807, 2.05) is 6.92 Å². The Morgan fingerprint density at radius 3 is 2.31 bits per heavy atom. The van der Waals surface area contributed by atoms with Gasteiger partial charge < -0.3 is 25.8 Å². The van der Waals surface area contributed by atoms with Gasteiger partial charge >= 0.3 is 5.97 Å². The van der Waals surface area contributed by atoms with Crippen molar-refractivity contribution in [1.82, 2.24) is 16.0 Å². The molecule has 3 amide bonds. The Hall–Kier alpha value is -2.68. The highest BCUT2D eigenvalue weighted by Gasteiger charge is 2.38. The maximum atomic E-state index is 13.3. The summed E-state index contributed by atoms with van der Waals surface area (Å²) in [5.74, 6) is -3.48. The second-order valence-corrected chi connectivity index (χ2v) is 9.66. The van der Waals surface area contributed by atoms with Crippen molar-refractivity contribution in [2.45, 2.75) is 91.3 Å². The van der Waals surface area contributed by atoms with E-state index in [2.05, 4.69) is 29.5 Å². The van der Waals surface area contributed by atoms with Crippen molar-refractivity contribution in [2.75, 3.05) is 6.61 Å². The summed E-state index contributed by atoms with van der Waals surface area (Å²) in [6.45, 7) is 12.6. The second-order valence-electron chi connectivity index (χ2n) is 9.66. The third-order valence-corrected chi connectivity index (χ3v) is 6.19. The van der Waals surface area contributed by atoms with E-state index in [4.69, 9.17) is 4.74 Å². The lowest BCUT2D eigenvalue weighted by Gasteiger charge is -2.33. The predicted octanol–water partition coefficient (Wildman–Crippen LogP) is 2.35. The highest BCUT2D eigenvalue weighted by molar-refractivity contribution is 5.94. The molecule has 9 nitrogen and oxygen atoms in total. The minimum Gasteiger partial charge on any atom is -0.460 e. The fraction of sp³-hybridized carbons (Fsp3) is 0.692. The zero-order valence-electron chi connectivity index (χ0n) is 21.8. The molecule has 1 heterocycles. The van der Waals surface area contributed by atoms with Gasteiger partial charge in [0.1, 0.15) is 18.2 Å². The summed E-state index contributed by atoms with van der Waals surface area (Å²) >= 11 is 0. The first-order valence-electron chi connectivity index (χ1n) is 12.6. The number of carbonyl (C=O) groups is 4. The number of amides is 3. The molecule has 0 aromatic heterocycles. The van der Waals surface area contributed by atoms with E-state index in [0.717, 1.165) is 32.1 Å². The lowest BCUT2D eigenvalue weighted by molar-refractivity contribution is -0.162. The molecule has 0 aromatic rings. The van der Waals surface area contributed by atoms with Gasteiger partial charge in [-0.25, -0.2) is 4.79 Å². The highest BCUT2D eigenvalue weighted by atomic mass is 16.5. The Kier molecular flexibility index (Phi) is 13.3. The third-order valence-electron chi connectivity index (χ3n) is 6.19. The topological polar surface area (TPSA) is 134 Å². The average Bonchev–Trinajstić information content (AvgIpc) is 2.79. The fourth-order valence-corrected chi connectivity index (χ4v) is 4.02. The molecule has 0 saturated heterocycles. The van der Waals surface area contributed by atoms with Gasteiger partial charge in [0.2, 0.25) is 17.7 Å². The molecule has 0 saturated carbocycles. The summed E-state index contributed by atoms with van der Waals surface area (Å²) in [5, 5.41) is 17.5. The van der Waals surface area contributed by atoms with Gasteiger partial charge in [-0.2, -0.15) is 0 Å². The van der Waals surface area contributed by atoms with Gasteiger partial charge in [0.25, 0.3) is 0 Å². The maximum Gasteiger partial charge on any atom is 0.329 e. The van der Waals surface area contributed by atoms with E-state index in [1.54, 1.807) is 13.8 Å². The van der Waals surface area contributed by atoms with Crippen LogP contribution >= 0.6 is 0 Å². The molecular weight excluding hydrogens is 450 g/mol. The molecule has 4 N–H and O–H groups in total. The number of aliphatic hydroxyl groups is 1. The first-order chi connectivity index (χ1) is 16.5. The molecule has 0 bridgehead atoms. The number of hydrogen-bond donors (Lipinski definition) is 4. The smallest absolute Gasteiger partial charge is 0.329 e. The second kappa shape index (κ2) is 15.3. The van der Waals surface area contributed by atoms with E-state index in [1.165, 1.54) is 19.1 Å². The largest absolute Gasteiger partial charge is 0.460 e. The SMILES string of the molecule is C=C1C=CC(=O)NC(C)C(=O)NC(C(C)C)C(=O)OC(C(C)CCCCCC)C(CCO)C(=O)N1. The number of aliphatic hydroxyl groups excluding tert-OH is 1. The zero-order valence-corrected chi connectivity index (χ0v) is 21.8. The molecule has 1 rings (SSSR count). The number of cyclic esters (lactones) is 1. The summed E-state index contributed by atoms with van der Waals surface area (Å²) < 4.78 is 5.93. The number of rotatable bonds is 9. The molecule has 0 radical (unpaired) electrons. The van der Waals surface area contributed by atoms with Gasteiger partial charge in [-0.1, -0.05) is 60.0 Å². The molecule has 1 aliphatic rings. The van der Waals surface area contributed by atoms with Gasteiger partial charge in [-0.3, -0.25) is 14.4 Å². The number of hydrogen-bond acceptors (Lipinski definition) is 6. The summed E-state index contributed by atoms with van der Waals surface area (Å²) in [4.78, 5) is 51.3. The number of nitrogens with one attached hydrogen (secondary N) is 3. The third kappa shape index (κ3) is 10.2. The summed E-state index contributed by atoms with van der Waals surface area (Å²) in [6.07, 6.45) is 6.64. The van der Waals surface area contributed by atoms with E-state index in [9.17, 15) is 24.3 Å². The Balaban J connectivity index is 3.37. The van der Waals surface area contributed by atoms with Crippen molar-refractivity contribution in [3.8, 4) is 0 Å². The lowest BCUT2D eigenvalue weighted by atomic mass is 9.85. The van der Waals surface area contributed by atoms with Crippen molar-refractivity contribution in [2.24, 2.45) is 17.8 Å². The fourth-order valence-electron chi connectivity index (χ4n) is 4.02. The standard InChI is InChI=1S/C26H43N3O6/c1-7-8-9-10-11-17(4)23-20(14-15-30)25(33)27-18(5)12-13-21(31)28-19(6)24(32)29-22(16(2)3)26(34)35-23/h12-13,16-17,19-20,22-23,30H,5,7-11,14-15H2,1-4,6H3,(H,27,33)(H,28,31)(H,29,32). The molecule has 0 aliphatic carbocycles. The lowest BCUT2D eigenvalue weighted by Crippen LogP contribution is -2.53. The van der Waals surface area contributed by atoms with Crippen LogP contribution in [-0.2, 0) is 23.9 Å². The summed E-state index contributed by atoms with van der Waals surface area (Å²) in [6, 6.07) is -1.87. The molecule has 0 aromatic carbocycles. The van der Waals surface area contributed by atoms with Crippen LogP contribution in [0.5, 0.6) is 0 Å². The van der Waals surface area contributed by atoms with Crippen LogP contribution in [0.4, 0.5) is 0 Å². The van der Waals surface area contributed by atoms with Crippen LogP contribution in [0.15, 0.2) is 24.4 Å². The molecule has 0 spiro atoms. The van der Waals surface area contributed by atoms with Gasteiger partial charge in [0, 0.05) is 18.4 Å². The molecule has 5 atom stereocenters. The quantitative estimate of drug-likeness (QED) is 0.288. The van der Waals surface area contributed by atoms with Crippen molar-refractivity contribution in [1.29, 1.82) is 0 Å². The summed E-state index contributed by atoms with van der Waals surface area (Å²) in [7, 11) is 0. The van der Waals surface area contributed by atoms with E-state index >= 15 is 0 Å². The molecular formula is C26H43N3O6. The van der Waals surface area contributed by atoms with Crippen LogP contribution in [-0.4, -0.2) is 53.6 Å². The van der Waals surface area contributed by atoms with E-state index in [-0.39, 0.29) is 30.6 Å². The summed E-state index contributed by atoms with van der Waals surface area (Å²) in [5.41, 5.74) is 0.167. The number of carbonyl (C=O) groups excluding carboxylic acids is 4. The first-order valence-corrected chi connectivity index (χ1v) is 12.6. The monoisotopic (exact) mass is 493 g/mol. The Morgan fingerprint density at radius 2 is 1.71 bits per heavy atom. The number of allylic oxidation sites excluding steroid dienone is 1. The van der Waals surface area contributed by atoms with Gasteiger partial charge in [-0.05, 0) is 37.7 Å². The Labute approximate surface area is 209 Å². The van der Waals surface area contributed by atoms with Crippen LogP contribution in [0.2, 0.25) is 0 Å². The Morgan fingerprint density at radius 1 is 1.03 bits per heavy atom. The van der Waals surface area contributed by atoms with E-state index < -0.39 is 47.8 Å². The highest BCUT2D eigenvalue weighted by Crippen LogP contribution is 2.27. The van der Waals surface area contributed by atoms with Crippen molar-refractivity contribution in [3.05, 3.63) is 24.4 Å².